The summed E-state index contributed by atoms with van der Waals surface area (Å²) < 4.78 is 26.8. The van der Waals surface area contributed by atoms with Crippen LogP contribution in [-0.2, 0) is 32.6 Å². The molecule has 11 heteroatoms. The topological polar surface area (TPSA) is 104 Å². The van der Waals surface area contributed by atoms with Crippen LogP contribution in [0.3, 0.4) is 0 Å². The van der Waals surface area contributed by atoms with E-state index in [0.29, 0.717) is 22.6 Å². The van der Waals surface area contributed by atoms with Gasteiger partial charge in [-0.15, -0.1) is 0 Å². The van der Waals surface area contributed by atoms with Gasteiger partial charge in [0.05, 0.1) is 22.0 Å². The van der Waals surface area contributed by atoms with Crippen LogP contribution in [0, 0.1) is 0 Å². The number of halogens is 2. The standard InChI is InChI=1S/C31H35Cl2N3O5S/c1-5-21(2)34-31(39)29(17-23-10-7-6-8-11-23)35(19-24-14-15-27(32)28(33)16-24)30(38)20-36(42(4,40)41)26-13-9-12-25(18-26)22(3)37/h6-16,18,21,29H,5,17,19-20H2,1-4H3,(H,34,39)/t21-,29+/m1/s1. The molecular formula is C31H35Cl2N3O5S. The Labute approximate surface area is 257 Å². The lowest BCUT2D eigenvalue weighted by Gasteiger charge is -2.34. The zero-order valence-electron chi connectivity index (χ0n) is 24.0. The summed E-state index contributed by atoms with van der Waals surface area (Å²) in [5.74, 6) is -1.23. The molecule has 0 unspecified atom stereocenters. The highest BCUT2D eigenvalue weighted by molar-refractivity contribution is 7.92. The van der Waals surface area contributed by atoms with Gasteiger partial charge in [0.25, 0.3) is 0 Å². The number of carbonyl (C=O) groups is 3. The SMILES string of the molecule is CC[C@@H](C)NC(=O)[C@H](Cc1ccccc1)N(Cc1ccc(Cl)c(Cl)c1)C(=O)CN(c1cccc(C(C)=O)c1)S(C)(=O)=O. The van der Waals surface area contributed by atoms with E-state index >= 15 is 0 Å². The first-order valence-corrected chi connectivity index (χ1v) is 16.1. The highest BCUT2D eigenvalue weighted by Crippen LogP contribution is 2.25. The number of carbonyl (C=O) groups excluding carboxylic acids is 3. The van der Waals surface area contributed by atoms with Crippen LogP contribution in [0.2, 0.25) is 10.0 Å². The van der Waals surface area contributed by atoms with Crippen LogP contribution in [0.15, 0.2) is 72.8 Å². The van der Waals surface area contributed by atoms with Crippen LogP contribution in [0.25, 0.3) is 0 Å². The molecule has 2 atom stereocenters. The number of anilines is 1. The molecule has 0 fully saturated rings. The number of rotatable bonds is 13. The Kier molecular flexibility index (Phi) is 11.6. The summed E-state index contributed by atoms with van der Waals surface area (Å²) in [7, 11) is -3.97. The molecule has 8 nitrogen and oxygen atoms in total. The zero-order chi connectivity index (χ0) is 31.0. The van der Waals surface area contributed by atoms with Gasteiger partial charge in [-0.3, -0.25) is 18.7 Å². The van der Waals surface area contributed by atoms with E-state index in [1.165, 1.54) is 24.0 Å². The first-order chi connectivity index (χ1) is 19.8. The van der Waals surface area contributed by atoms with E-state index in [2.05, 4.69) is 5.32 Å². The smallest absolute Gasteiger partial charge is 0.244 e. The Morgan fingerprint density at radius 1 is 0.905 bits per heavy atom. The van der Waals surface area contributed by atoms with Crippen molar-refractivity contribution in [3.8, 4) is 0 Å². The van der Waals surface area contributed by atoms with E-state index in [-0.39, 0.29) is 41.4 Å². The van der Waals surface area contributed by atoms with Crippen molar-refractivity contribution in [2.24, 2.45) is 0 Å². The zero-order valence-corrected chi connectivity index (χ0v) is 26.3. The maximum Gasteiger partial charge on any atom is 0.244 e. The van der Waals surface area contributed by atoms with Gasteiger partial charge in [-0.05, 0) is 55.7 Å². The summed E-state index contributed by atoms with van der Waals surface area (Å²) in [5, 5.41) is 3.59. The summed E-state index contributed by atoms with van der Waals surface area (Å²) in [6, 6.07) is 19.1. The maximum absolute atomic E-state index is 14.2. The quantitative estimate of drug-likeness (QED) is 0.250. The highest BCUT2D eigenvalue weighted by Gasteiger charge is 2.33. The van der Waals surface area contributed by atoms with Gasteiger partial charge in [0.1, 0.15) is 12.6 Å². The van der Waals surface area contributed by atoms with Gasteiger partial charge in [0.2, 0.25) is 21.8 Å². The Bertz CT molecular complexity index is 1530. The molecule has 3 aromatic carbocycles. The average molecular weight is 633 g/mol. The second-order valence-corrected chi connectivity index (χ2v) is 12.9. The van der Waals surface area contributed by atoms with Crippen molar-refractivity contribution in [2.75, 3.05) is 17.1 Å². The Hall–Kier alpha value is -3.40. The molecule has 0 radical (unpaired) electrons. The molecule has 0 spiro atoms. The van der Waals surface area contributed by atoms with Crippen LogP contribution < -0.4 is 9.62 Å². The summed E-state index contributed by atoms with van der Waals surface area (Å²) in [5.41, 5.74) is 1.90. The van der Waals surface area contributed by atoms with Crippen molar-refractivity contribution in [1.82, 2.24) is 10.2 Å². The van der Waals surface area contributed by atoms with E-state index in [1.54, 1.807) is 30.3 Å². The fraction of sp³-hybridized carbons (Fsp3) is 0.323. The maximum atomic E-state index is 14.2. The van der Waals surface area contributed by atoms with Gasteiger partial charge < -0.3 is 10.2 Å². The lowest BCUT2D eigenvalue weighted by molar-refractivity contribution is -0.140. The van der Waals surface area contributed by atoms with Crippen molar-refractivity contribution in [2.45, 2.75) is 52.2 Å². The molecule has 0 heterocycles. The van der Waals surface area contributed by atoms with Crippen LogP contribution in [0.4, 0.5) is 5.69 Å². The van der Waals surface area contributed by atoms with Crippen LogP contribution in [-0.4, -0.2) is 55.8 Å². The van der Waals surface area contributed by atoms with Gasteiger partial charge in [0.15, 0.2) is 5.78 Å². The third kappa shape index (κ3) is 9.05. The summed E-state index contributed by atoms with van der Waals surface area (Å²) in [6.45, 7) is 4.55. The minimum Gasteiger partial charge on any atom is -0.352 e. The third-order valence-corrected chi connectivity index (χ3v) is 8.71. The largest absolute Gasteiger partial charge is 0.352 e. The van der Waals surface area contributed by atoms with Gasteiger partial charge in [-0.25, -0.2) is 8.42 Å². The second kappa shape index (κ2) is 14.7. The fourth-order valence-corrected chi connectivity index (χ4v) is 5.49. The van der Waals surface area contributed by atoms with Gasteiger partial charge in [-0.1, -0.05) is 78.7 Å². The number of hydrogen-bond donors (Lipinski definition) is 1. The van der Waals surface area contributed by atoms with E-state index < -0.39 is 28.5 Å². The Morgan fingerprint density at radius 3 is 2.19 bits per heavy atom. The molecule has 0 aliphatic heterocycles. The summed E-state index contributed by atoms with van der Waals surface area (Å²) in [6.07, 6.45) is 1.86. The van der Waals surface area contributed by atoms with Crippen molar-refractivity contribution < 1.29 is 22.8 Å². The lowest BCUT2D eigenvalue weighted by atomic mass is 10.0. The molecule has 0 aliphatic carbocycles. The minimum atomic E-state index is -3.97. The molecule has 2 amide bonds. The molecule has 0 aliphatic rings. The number of benzene rings is 3. The molecule has 0 saturated carbocycles. The number of ketones is 1. The Morgan fingerprint density at radius 2 is 1.60 bits per heavy atom. The van der Waals surface area contributed by atoms with Gasteiger partial charge in [-0.2, -0.15) is 0 Å². The first kappa shape index (κ1) is 33.1. The summed E-state index contributed by atoms with van der Waals surface area (Å²) in [4.78, 5) is 41.2. The lowest BCUT2D eigenvalue weighted by Crippen LogP contribution is -2.54. The van der Waals surface area contributed by atoms with Crippen molar-refractivity contribution in [3.05, 3.63) is 99.5 Å². The van der Waals surface area contributed by atoms with Crippen molar-refractivity contribution >= 4 is 56.5 Å². The van der Waals surface area contributed by atoms with Gasteiger partial charge >= 0.3 is 0 Å². The number of Topliss-reactive ketones (excluding diaryl/α,β-unsaturated/α-hetero) is 1. The molecule has 42 heavy (non-hydrogen) atoms. The molecule has 224 valence electrons. The third-order valence-electron chi connectivity index (χ3n) is 6.83. The van der Waals surface area contributed by atoms with E-state index in [4.69, 9.17) is 23.2 Å². The van der Waals surface area contributed by atoms with Crippen LogP contribution >= 0.6 is 23.2 Å². The fourth-order valence-electron chi connectivity index (χ4n) is 4.32. The molecule has 3 rings (SSSR count). The molecule has 0 aromatic heterocycles. The summed E-state index contributed by atoms with van der Waals surface area (Å²) >= 11 is 12.4. The number of nitrogens with one attached hydrogen (secondary N) is 1. The number of nitrogens with zero attached hydrogens (tertiary/aromatic N) is 2. The monoisotopic (exact) mass is 631 g/mol. The van der Waals surface area contributed by atoms with Crippen LogP contribution in [0.5, 0.6) is 0 Å². The van der Waals surface area contributed by atoms with E-state index in [9.17, 15) is 22.8 Å². The van der Waals surface area contributed by atoms with Crippen molar-refractivity contribution in [1.29, 1.82) is 0 Å². The molecule has 3 aromatic rings. The number of hydrogen-bond acceptors (Lipinski definition) is 5. The second-order valence-electron chi connectivity index (χ2n) is 10.2. The van der Waals surface area contributed by atoms with E-state index in [0.717, 1.165) is 16.1 Å². The van der Waals surface area contributed by atoms with Crippen molar-refractivity contribution in [3.63, 3.8) is 0 Å². The molecule has 0 bridgehead atoms. The minimum absolute atomic E-state index is 0.0355. The predicted octanol–water partition coefficient (Wildman–Crippen LogP) is 5.52. The van der Waals surface area contributed by atoms with E-state index in [1.807, 2.05) is 44.2 Å². The number of amides is 2. The first-order valence-electron chi connectivity index (χ1n) is 13.5. The molecule has 1 N–H and O–H groups in total. The van der Waals surface area contributed by atoms with Crippen LogP contribution in [0.1, 0.15) is 48.7 Å². The Balaban J connectivity index is 2.10. The average Bonchev–Trinajstić information content (AvgIpc) is 2.95. The predicted molar refractivity (Wildman–Crippen MR) is 167 cm³/mol. The van der Waals surface area contributed by atoms with Gasteiger partial charge in [0, 0.05) is 24.6 Å². The number of sulfonamides is 1. The molecule has 0 saturated heterocycles. The molecular weight excluding hydrogens is 597 g/mol. The normalized spacial score (nSPS) is 12.7. The highest BCUT2D eigenvalue weighted by atomic mass is 35.5.